The van der Waals surface area contributed by atoms with Gasteiger partial charge in [-0.25, -0.2) is 0 Å². The maximum absolute atomic E-state index is 11.9. The van der Waals surface area contributed by atoms with Crippen LogP contribution in [0.5, 0.6) is 5.75 Å². The molecule has 0 bridgehead atoms. The molecule has 0 heterocycles. The average Bonchev–Trinajstić information content (AvgIpc) is 2.56. The number of nitrogens with one attached hydrogen (secondary N) is 1. The van der Waals surface area contributed by atoms with Crippen LogP contribution in [0.1, 0.15) is 26.7 Å². The Labute approximate surface area is 158 Å². The smallest absolute Gasteiger partial charge is 0.157 e. The number of rotatable bonds is 5. The summed E-state index contributed by atoms with van der Waals surface area (Å²) in [4.78, 5) is 14.1. The third-order valence-electron chi connectivity index (χ3n) is 4.27. The predicted molar refractivity (Wildman–Crippen MR) is 108 cm³/mol. The van der Waals surface area contributed by atoms with Crippen molar-refractivity contribution < 1.29 is 9.53 Å². The molecule has 136 valence electrons. The number of ketones is 1. The van der Waals surface area contributed by atoms with E-state index in [0.717, 1.165) is 33.3 Å². The van der Waals surface area contributed by atoms with Gasteiger partial charge in [0.25, 0.3) is 0 Å². The second-order valence-electron chi connectivity index (χ2n) is 7.31. The van der Waals surface area contributed by atoms with Gasteiger partial charge in [0.1, 0.15) is 5.75 Å². The number of hydrogen-bond acceptors (Lipinski definition) is 5. The molecule has 0 saturated heterocycles. The van der Waals surface area contributed by atoms with E-state index in [1.165, 1.54) is 0 Å². The summed E-state index contributed by atoms with van der Waals surface area (Å²) in [5, 5.41) is 3.33. The van der Waals surface area contributed by atoms with Gasteiger partial charge in [0.2, 0.25) is 0 Å². The number of anilines is 2. The molecule has 1 aliphatic rings. The Balaban J connectivity index is 1.72. The number of nitrogen functional groups attached to an aromatic ring is 1. The zero-order valence-corrected chi connectivity index (χ0v) is 16.2. The van der Waals surface area contributed by atoms with Crippen LogP contribution in [0.3, 0.4) is 0 Å². The van der Waals surface area contributed by atoms with Crippen molar-refractivity contribution in [3.8, 4) is 5.75 Å². The third kappa shape index (κ3) is 4.61. The summed E-state index contributed by atoms with van der Waals surface area (Å²) < 4.78 is 5.18. The van der Waals surface area contributed by atoms with Gasteiger partial charge in [-0.15, -0.1) is 0 Å². The molecular formula is C21H24N2O2S. The normalized spacial score (nSPS) is 16.1. The van der Waals surface area contributed by atoms with E-state index < -0.39 is 0 Å². The molecule has 26 heavy (non-hydrogen) atoms. The number of ether oxygens (including phenoxy) is 1. The Morgan fingerprint density at radius 2 is 1.77 bits per heavy atom. The van der Waals surface area contributed by atoms with Crippen LogP contribution in [0.15, 0.2) is 64.0 Å². The molecule has 0 aliphatic heterocycles. The molecule has 2 aromatic rings. The lowest BCUT2D eigenvalue weighted by Gasteiger charge is -2.29. The Hall–Kier alpha value is -2.40. The molecule has 0 radical (unpaired) electrons. The first-order valence-electron chi connectivity index (χ1n) is 8.56. The van der Waals surface area contributed by atoms with Crippen LogP contribution in [0, 0.1) is 5.41 Å². The average molecular weight is 369 g/mol. The van der Waals surface area contributed by atoms with Crippen LogP contribution in [-0.2, 0) is 4.79 Å². The standard InChI is InChI=1S/C21H24N2O2S/c1-21(2)12-14(10-15(24)13-21)23-20-9-8-18(11-19(20)22)26-17-6-4-16(25-3)5-7-17/h4-11,23H,12-13,22H2,1-3H3. The largest absolute Gasteiger partial charge is 0.497 e. The van der Waals surface area contributed by atoms with Gasteiger partial charge in [0.15, 0.2) is 5.78 Å². The molecule has 0 amide bonds. The van der Waals surface area contributed by atoms with Crippen molar-refractivity contribution >= 4 is 28.9 Å². The molecule has 0 saturated carbocycles. The Morgan fingerprint density at radius 3 is 2.38 bits per heavy atom. The molecule has 5 heteroatoms. The van der Waals surface area contributed by atoms with Gasteiger partial charge in [0, 0.05) is 28.0 Å². The van der Waals surface area contributed by atoms with Gasteiger partial charge in [-0.05, 0) is 54.3 Å². The minimum atomic E-state index is -0.0207. The van der Waals surface area contributed by atoms with Crippen LogP contribution in [0.2, 0.25) is 0 Å². The zero-order chi connectivity index (χ0) is 18.7. The second-order valence-corrected chi connectivity index (χ2v) is 8.45. The molecule has 3 rings (SSSR count). The third-order valence-corrected chi connectivity index (χ3v) is 5.27. The molecule has 0 atom stereocenters. The van der Waals surface area contributed by atoms with E-state index in [2.05, 4.69) is 19.2 Å². The molecule has 4 nitrogen and oxygen atoms in total. The molecular weight excluding hydrogens is 344 g/mol. The van der Waals surface area contributed by atoms with Crippen molar-refractivity contribution in [1.29, 1.82) is 0 Å². The van der Waals surface area contributed by atoms with Gasteiger partial charge in [-0.3, -0.25) is 4.79 Å². The van der Waals surface area contributed by atoms with E-state index in [0.29, 0.717) is 12.1 Å². The predicted octanol–water partition coefficient (Wildman–Crippen LogP) is 5.11. The van der Waals surface area contributed by atoms with Crippen molar-refractivity contribution in [3.05, 3.63) is 54.2 Å². The Morgan fingerprint density at radius 1 is 1.08 bits per heavy atom. The molecule has 0 fully saturated rings. The van der Waals surface area contributed by atoms with Gasteiger partial charge < -0.3 is 15.8 Å². The zero-order valence-electron chi connectivity index (χ0n) is 15.3. The van der Waals surface area contributed by atoms with E-state index in [4.69, 9.17) is 10.5 Å². The molecule has 0 aromatic heterocycles. The number of benzene rings is 2. The Bertz CT molecular complexity index is 842. The minimum Gasteiger partial charge on any atom is -0.497 e. The first-order valence-corrected chi connectivity index (χ1v) is 9.38. The van der Waals surface area contributed by atoms with Crippen molar-refractivity contribution in [2.24, 2.45) is 5.41 Å². The molecule has 3 N–H and O–H groups in total. The van der Waals surface area contributed by atoms with Crippen LogP contribution in [-0.4, -0.2) is 12.9 Å². The SMILES string of the molecule is COc1ccc(Sc2ccc(NC3=CC(=O)CC(C)(C)C3)c(N)c2)cc1. The number of methoxy groups -OCH3 is 1. The van der Waals surface area contributed by atoms with E-state index in [1.54, 1.807) is 24.9 Å². The van der Waals surface area contributed by atoms with Crippen LogP contribution in [0.25, 0.3) is 0 Å². The summed E-state index contributed by atoms with van der Waals surface area (Å²) in [6.07, 6.45) is 3.12. The summed E-state index contributed by atoms with van der Waals surface area (Å²) >= 11 is 1.64. The fourth-order valence-electron chi connectivity index (χ4n) is 3.10. The molecule has 1 aliphatic carbocycles. The van der Waals surface area contributed by atoms with Crippen LogP contribution < -0.4 is 15.8 Å². The monoisotopic (exact) mass is 368 g/mol. The lowest BCUT2D eigenvalue weighted by molar-refractivity contribution is -0.117. The van der Waals surface area contributed by atoms with E-state index >= 15 is 0 Å². The van der Waals surface area contributed by atoms with Crippen molar-refractivity contribution in [3.63, 3.8) is 0 Å². The van der Waals surface area contributed by atoms with E-state index in [1.807, 2.05) is 42.5 Å². The van der Waals surface area contributed by atoms with E-state index in [-0.39, 0.29) is 11.2 Å². The minimum absolute atomic E-state index is 0.0207. The lowest BCUT2D eigenvalue weighted by atomic mass is 9.79. The number of carbonyl (C=O) groups is 1. The molecule has 0 spiro atoms. The van der Waals surface area contributed by atoms with Crippen LogP contribution >= 0.6 is 11.8 Å². The first kappa shape index (κ1) is 18.4. The number of allylic oxidation sites excluding steroid dienone is 2. The highest BCUT2D eigenvalue weighted by molar-refractivity contribution is 7.99. The summed E-state index contributed by atoms with van der Waals surface area (Å²) in [5.41, 5.74) is 8.64. The maximum Gasteiger partial charge on any atom is 0.157 e. The second kappa shape index (κ2) is 7.46. The molecule has 2 aromatic carbocycles. The summed E-state index contributed by atoms with van der Waals surface area (Å²) in [6, 6.07) is 13.9. The number of hydrogen-bond donors (Lipinski definition) is 2. The van der Waals surface area contributed by atoms with E-state index in [9.17, 15) is 4.79 Å². The van der Waals surface area contributed by atoms with Crippen molar-refractivity contribution in [1.82, 2.24) is 0 Å². The summed E-state index contributed by atoms with van der Waals surface area (Å²) in [7, 11) is 1.66. The van der Waals surface area contributed by atoms with Gasteiger partial charge >= 0.3 is 0 Å². The van der Waals surface area contributed by atoms with Crippen molar-refractivity contribution in [2.45, 2.75) is 36.5 Å². The fraction of sp³-hybridized carbons (Fsp3) is 0.286. The topological polar surface area (TPSA) is 64.3 Å². The maximum atomic E-state index is 11.9. The first-order chi connectivity index (χ1) is 12.3. The van der Waals surface area contributed by atoms with Gasteiger partial charge in [0.05, 0.1) is 18.5 Å². The quantitative estimate of drug-likeness (QED) is 0.718. The number of carbonyl (C=O) groups excluding carboxylic acids is 1. The van der Waals surface area contributed by atoms with Gasteiger partial charge in [-0.1, -0.05) is 25.6 Å². The highest BCUT2D eigenvalue weighted by Gasteiger charge is 2.27. The fourth-order valence-corrected chi connectivity index (χ4v) is 3.96. The highest BCUT2D eigenvalue weighted by Crippen LogP contribution is 2.36. The summed E-state index contributed by atoms with van der Waals surface area (Å²) in [6.45, 7) is 4.22. The highest BCUT2D eigenvalue weighted by atomic mass is 32.2. The molecule has 0 unspecified atom stereocenters. The Kier molecular flexibility index (Phi) is 5.28. The van der Waals surface area contributed by atoms with Crippen molar-refractivity contribution in [2.75, 3.05) is 18.2 Å². The lowest BCUT2D eigenvalue weighted by Crippen LogP contribution is -2.24. The number of nitrogens with two attached hydrogens (primary N) is 1. The summed E-state index contributed by atoms with van der Waals surface area (Å²) in [5.74, 6) is 1.00. The van der Waals surface area contributed by atoms with Crippen LogP contribution in [0.4, 0.5) is 11.4 Å². The van der Waals surface area contributed by atoms with Gasteiger partial charge in [-0.2, -0.15) is 0 Å².